The second kappa shape index (κ2) is 11.4. The fraction of sp³-hybridized carbons (Fsp3) is 0.130. The number of nitro groups is 1. The number of carbonyl (C=O) groups excluding carboxylic acids is 1. The van der Waals surface area contributed by atoms with Crippen LogP contribution in [0.2, 0.25) is 0 Å². The van der Waals surface area contributed by atoms with E-state index < -0.39 is 16.9 Å². The van der Waals surface area contributed by atoms with Gasteiger partial charge in [-0.1, -0.05) is 30.3 Å². The molecule has 10 heteroatoms. The SMILES string of the molecule is COc1cc(/C=N\NC(=O)[C@H](O)c2ccccc2)cc(I)c1OCc1ccc([N+](=O)[O-])cc1. The summed E-state index contributed by atoms with van der Waals surface area (Å²) < 4.78 is 12.0. The van der Waals surface area contributed by atoms with Crippen LogP contribution in [0.15, 0.2) is 71.8 Å². The first-order valence-corrected chi connectivity index (χ1v) is 10.8. The number of aliphatic hydroxyl groups is 1. The lowest BCUT2D eigenvalue weighted by atomic mass is 10.1. The zero-order chi connectivity index (χ0) is 23.8. The van der Waals surface area contributed by atoms with Crippen molar-refractivity contribution in [2.24, 2.45) is 5.10 Å². The maximum Gasteiger partial charge on any atom is 0.273 e. The van der Waals surface area contributed by atoms with Gasteiger partial charge in [-0.3, -0.25) is 14.9 Å². The minimum Gasteiger partial charge on any atom is -0.493 e. The summed E-state index contributed by atoms with van der Waals surface area (Å²) in [6.07, 6.45) is 0.105. The Kier molecular flexibility index (Phi) is 8.33. The van der Waals surface area contributed by atoms with Gasteiger partial charge in [0.25, 0.3) is 11.6 Å². The third kappa shape index (κ3) is 6.49. The fourth-order valence-corrected chi connectivity index (χ4v) is 3.62. The lowest BCUT2D eigenvalue weighted by Gasteiger charge is -2.13. The van der Waals surface area contributed by atoms with E-state index in [1.165, 1.54) is 25.5 Å². The normalized spacial score (nSPS) is 11.7. The van der Waals surface area contributed by atoms with Crippen molar-refractivity contribution >= 4 is 40.4 Å². The second-order valence-electron chi connectivity index (χ2n) is 6.79. The molecule has 170 valence electrons. The van der Waals surface area contributed by atoms with Crippen molar-refractivity contribution in [3.05, 3.63) is 97.1 Å². The van der Waals surface area contributed by atoms with Crippen molar-refractivity contribution in [1.29, 1.82) is 0 Å². The first kappa shape index (κ1) is 24.1. The molecule has 0 unspecified atom stereocenters. The van der Waals surface area contributed by atoms with Crippen molar-refractivity contribution in [3.8, 4) is 11.5 Å². The van der Waals surface area contributed by atoms with E-state index in [-0.39, 0.29) is 12.3 Å². The van der Waals surface area contributed by atoms with Crippen molar-refractivity contribution < 1.29 is 24.3 Å². The first-order valence-electron chi connectivity index (χ1n) is 9.68. The van der Waals surface area contributed by atoms with Crippen LogP contribution in [0.3, 0.4) is 0 Å². The third-order valence-electron chi connectivity index (χ3n) is 4.53. The minimum absolute atomic E-state index is 0.0120. The van der Waals surface area contributed by atoms with Crippen LogP contribution in [0.5, 0.6) is 11.5 Å². The predicted octanol–water partition coefficient (Wildman–Crippen LogP) is 3.97. The number of rotatable bonds is 9. The Morgan fingerprint density at radius 3 is 2.55 bits per heavy atom. The number of nitrogens with zero attached hydrogens (tertiary/aromatic N) is 2. The number of amides is 1. The average molecular weight is 561 g/mol. The van der Waals surface area contributed by atoms with Gasteiger partial charge in [0.05, 0.1) is 21.8 Å². The highest BCUT2D eigenvalue weighted by Crippen LogP contribution is 2.34. The van der Waals surface area contributed by atoms with Crippen molar-refractivity contribution in [2.75, 3.05) is 7.11 Å². The molecule has 3 rings (SSSR count). The molecular formula is C23H20IN3O6. The fourth-order valence-electron chi connectivity index (χ4n) is 2.84. The smallest absolute Gasteiger partial charge is 0.273 e. The number of benzene rings is 3. The number of carbonyl (C=O) groups is 1. The summed E-state index contributed by atoms with van der Waals surface area (Å²) in [5, 5.41) is 24.8. The van der Waals surface area contributed by atoms with Crippen LogP contribution in [0.25, 0.3) is 0 Å². The van der Waals surface area contributed by atoms with Gasteiger partial charge in [0.1, 0.15) is 6.61 Å². The molecular weight excluding hydrogens is 541 g/mol. The van der Waals surface area contributed by atoms with Crippen LogP contribution in [0, 0.1) is 13.7 Å². The predicted molar refractivity (Wildman–Crippen MR) is 130 cm³/mol. The Morgan fingerprint density at radius 1 is 1.21 bits per heavy atom. The van der Waals surface area contributed by atoms with Gasteiger partial charge in [-0.15, -0.1) is 0 Å². The van der Waals surface area contributed by atoms with E-state index in [1.807, 2.05) is 0 Å². The lowest BCUT2D eigenvalue weighted by molar-refractivity contribution is -0.384. The summed E-state index contributed by atoms with van der Waals surface area (Å²) in [5.41, 5.74) is 4.21. The van der Waals surface area contributed by atoms with Crippen LogP contribution in [0.4, 0.5) is 5.69 Å². The molecule has 0 aliphatic heterocycles. The van der Waals surface area contributed by atoms with E-state index in [0.717, 1.165) is 9.13 Å². The number of ether oxygens (including phenoxy) is 2. The molecule has 9 nitrogen and oxygen atoms in total. The third-order valence-corrected chi connectivity index (χ3v) is 5.34. The molecule has 0 aliphatic rings. The van der Waals surface area contributed by atoms with Crippen LogP contribution in [-0.2, 0) is 11.4 Å². The Labute approximate surface area is 203 Å². The zero-order valence-corrected chi connectivity index (χ0v) is 19.6. The maximum absolute atomic E-state index is 12.1. The average Bonchev–Trinajstić information content (AvgIpc) is 2.83. The Hall–Kier alpha value is -3.51. The number of hydrogen-bond acceptors (Lipinski definition) is 7. The molecule has 0 heterocycles. The van der Waals surface area contributed by atoms with Crippen LogP contribution in [-0.4, -0.2) is 29.3 Å². The van der Waals surface area contributed by atoms with E-state index in [4.69, 9.17) is 9.47 Å². The second-order valence-corrected chi connectivity index (χ2v) is 7.96. The van der Waals surface area contributed by atoms with E-state index >= 15 is 0 Å². The van der Waals surface area contributed by atoms with E-state index in [1.54, 1.807) is 54.6 Å². The highest BCUT2D eigenvalue weighted by atomic mass is 127. The molecule has 3 aromatic rings. The quantitative estimate of drug-likeness (QED) is 0.177. The Bertz CT molecular complexity index is 1150. The molecule has 1 atom stereocenters. The van der Waals surface area contributed by atoms with Gasteiger partial charge in [0.15, 0.2) is 17.6 Å². The standard InChI is InChI=1S/C23H20IN3O6/c1-32-20-12-16(13-25-26-23(29)21(28)17-5-3-2-4-6-17)11-19(24)22(20)33-14-15-7-9-18(10-8-15)27(30)31/h2-13,21,28H,14H2,1H3,(H,26,29)/b25-13-/t21-/m1/s1. The number of nitrogens with one attached hydrogen (secondary N) is 1. The van der Waals surface area contributed by atoms with Crippen molar-refractivity contribution in [2.45, 2.75) is 12.7 Å². The zero-order valence-electron chi connectivity index (χ0n) is 17.5. The monoisotopic (exact) mass is 561 g/mol. The van der Waals surface area contributed by atoms with E-state index in [0.29, 0.717) is 22.6 Å². The Morgan fingerprint density at radius 2 is 1.91 bits per heavy atom. The van der Waals surface area contributed by atoms with E-state index in [9.17, 15) is 20.0 Å². The van der Waals surface area contributed by atoms with Gasteiger partial charge in [-0.05, 0) is 63.5 Å². The maximum atomic E-state index is 12.1. The molecule has 0 saturated carbocycles. The van der Waals surface area contributed by atoms with Gasteiger partial charge >= 0.3 is 0 Å². The number of hydrogen-bond donors (Lipinski definition) is 2. The van der Waals surface area contributed by atoms with Crippen molar-refractivity contribution in [1.82, 2.24) is 5.43 Å². The molecule has 1 amide bonds. The number of halogens is 1. The van der Waals surface area contributed by atoms with E-state index in [2.05, 4.69) is 33.1 Å². The van der Waals surface area contributed by atoms with Gasteiger partial charge in [0.2, 0.25) is 0 Å². The minimum atomic E-state index is -1.33. The van der Waals surface area contributed by atoms with Crippen LogP contribution >= 0.6 is 22.6 Å². The molecule has 0 spiro atoms. The summed E-state index contributed by atoms with van der Waals surface area (Å²) in [7, 11) is 1.50. The lowest BCUT2D eigenvalue weighted by Crippen LogP contribution is -2.25. The highest BCUT2D eigenvalue weighted by molar-refractivity contribution is 14.1. The molecule has 3 aromatic carbocycles. The molecule has 0 saturated heterocycles. The summed E-state index contributed by atoms with van der Waals surface area (Å²) >= 11 is 2.09. The Balaban J connectivity index is 1.65. The number of hydrazone groups is 1. The van der Waals surface area contributed by atoms with Crippen LogP contribution < -0.4 is 14.9 Å². The topological polar surface area (TPSA) is 123 Å². The van der Waals surface area contributed by atoms with Gasteiger partial charge in [-0.25, -0.2) is 5.43 Å². The molecule has 0 aliphatic carbocycles. The summed E-state index contributed by atoms with van der Waals surface area (Å²) in [6.45, 7) is 0.200. The van der Waals surface area contributed by atoms with Crippen LogP contribution in [0.1, 0.15) is 22.8 Å². The molecule has 0 fully saturated rings. The number of nitro benzene ring substituents is 1. The van der Waals surface area contributed by atoms with Gasteiger partial charge < -0.3 is 14.6 Å². The molecule has 0 bridgehead atoms. The first-order chi connectivity index (χ1) is 15.9. The highest BCUT2D eigenvalue weighted by Gasteiger charge is 2.16. The van der Waals surface area contributed by atoms with Gasteiger partial charge in [0, 0.05) is 12.1 Å². The summed E-state index contributed by atoms with van der Waals surface area (Å²) in [5.74, 6) is 0.320. The molecule has 2 N–H and O–H groups in total. The summed E-state index contributed by atoms with van der Waals surface area (Å²) in [4.78, 5) is 22.4. The number of non-ortho nitro benzene ring substituents is 1. The van der Waals surface area contributed by atoms with Gasteiger partial charge in [-0.2, -0.15) is 5.10 Å². The molecule has 0 radical (unpaired) electrons. The van der Waals surface area contributed by atoms with Crippen molar-refractivity contribution in [3.63, 3.8) is 0 Å². The number of methoxy groups -OCH3 is 1. The number of aliphatic hydroxyl groups excluding tert-OH is 1. The molecule has 0 aromatic heterocycles. The largest absolute Gasteiger partial charge is 0.493 e. The summed E-state index contributed by atoms with van der Waals surface area (Å²) in [6, 6.07) is 18.1. The molecule has 33 heavy (non-hydrogen) atoms.